The van der Waals surface area contributed by atoms with Crippen LogP contribution in [0.4, 0.5) is 0 Å². The normalized spacial score (nSPS) is 12.8. The van der Waals surface area contributed by atoms with E-state index in [9.17, 15) is 5.11 Å². The molecule has 0 aliphatic heterocycles. The summed E-state index contributed by atoms with van der Waals surface area (Å²) in [5.74, 6) is 1.56. The highest BCUT2D eigenvalue weighted by molar-refractivity contribution is 5.78. The molecular weight excluding hydrogens is 248 g/mol. The molecule has 0 aliphatic rings. The monoisotopic (exact) mass is 274 g/mol. The summed E-state index contributed by atoms with van der Waals surface area (Å²) in [7, 11) is 0. The van der Waals surface area contributed by atoms with Gasteiger partial charge in [-0.05, 0) is 49.8 Å². The van der Waals surface area contributed by atoms with Gasteiger partial charge in [0.1, 0.15) is 16.9 Å². The second kappa shape index (κ2) is 5.61. The van der Waals surface area contributed by atoms with Crippen LogP contribution >= 0.6 is 0 Å². The third-order valence-corrected chi connectivity index (χ3v) is 3.62. The van der Waals surface area contributed by atoms with Crippen LogP contribution in [0, 0.1) is 18.8 Å². The predicted molar refractivity (Wildman–Crippen MR) is 83.8 cm³/mol. The van der Waals surface area contributed by atoms with E-state index >= 15 is 0 Å². The number of hydrogen-bond acceptors (Lipinski definition) is 2. The van der Waals surface area contributed by atoms with Crippen LogP contribution in [0.1, 0.15) is 51.9 Å². The molecule has 0 saturated heterocycles. The van der Waals surface area contributed by atoms with Crippen LogP contribution in [0.25, 0.3) is 11.0 Å². The maximum absolute atomic E-state index is 11.1. The average Bonchev–Trinajstić information content (AvgIpc) is 2.69. The molecule has 0 unspecified atom stereocenters. The molecule has 1 N–H and O–H groups in total. The van der Waals surface area contributed by atoms with Crippen LogP contribution in [-0.2, 0) is 5.60 Å². The van der Waals surface area contributed by atoms with Gasteiger partial charge in [0.2, 0.25) is 0 Å². The molecule has 110 valence electrons. The molecule has 1 aromatic carbocycles. The molecule has 0 atom stereocenters. The fourth-order valence-corrected chi connectivity index (χ4v) is 3.03. The van der Waals surface area contributed by atoms with Crippen molar-refractivity contribution >= 4 is 11.0 Å². The van der Waals surface area contributed by atoms with Gasteiger partial charge in [0, 0.05) is 5.39 Å². The molecule has 0 bridgehead atoms. The maximum Gasteiger partial charge on any atom is 0.136 e. The average molecular weight is 274 g/mol. The lowest BCUT2D eigenvalue weighted by atomic mass is 9.83. The lowest BCUT2D eigenvalue weighted by Gasteiger charge is -2.29. The number of hydrogen-bond donors (Lipinski definition) is 1. The molecular formula is C18H26O2. The number of benzene rings is 1. The minimum absolute atomic E-state index is 0.425. The summed E-state index contributed by atoms with van der Waals surface area (Å²) in [4.78, 5) is 0. The maximum atomic E-state index is 11.1. The molecule has 2 heteroatoms. The van der Waals surface area contributed by atoms with E-state index in [2.05, 4.69) is 40.7 Å². The SMILES string of the molecule is Cc1ccc2oc(C(O)(CC(C)C)CC(C)C)cc2c1. The third kappa shape index (κ3) is 3.24. The molecule has 0 amide bonds. The van der Waals surface area contributed by atoms with Gasteiger partial charge < -0.3 is 9.52 Å². The first-order valence-corrected chi connectivity index (χ1v) is 7.53. The first-order chi connectivity index (χ1) is 9.30. The van der Waals surface area contributed by atoms with Crippen molar-refractivity contribution in [1.29, 1.82) is 0 Å². The summed E-state index contributed by atoms with van der Waals surface area (Å²) < 4.78 is 5.94. The second-order valence-electron chi connectivity index (χ2n) is 6.88. The minimum atomic E-state index is -0.866. The first-order valence-electron chi connectivity index (χ1n) is 7.53. The van der Waals surface area contributed by atoms with Crippen LogP contribution in [0.2, 0.25) is 0 Å². The Bertz CT molecular complexity index is 568. The lowest BCUT2D eigenvalue weighted by Crippen LogP contribution is -2.29. The van der Waals surface area contributed by atoms with Gasteiger partial charge in [-0.15, -0.1) is 0 Å². The van der Waals surface area contributed by atoms with Crippen molar-refractivity contribution < 1.29 is 9.52 Å². The molecule has 1 heterocycles. The highest BCUT2D eigenvalue weighted by atomic mass is 16.4. The Morgan fingerprint density at radius 2 is 1.65 bits per heavy atom. The smallest absolute Gasteiger partial charge is 0.136 e. The third-order valence-electron chi connectivity index (χ3n) is 3.62. The van der Waals surface area contributed by atoms with Gasteiger partial charge in [-0.25, -0.2) is 0 Å². The Balaban J connectivity index is 2.44. The zero-order valence-electron chi connectivity index (χ0n) is 13.2. The van der Waals surface area contributed by atoms with Gasteiger partial charge in [-0.1, -0.05) is 39.3 Å². The van der Waals surface area contributed by atoms with Crippen LogP contribution in [0.5, 0.6) is 0 Å². The highest BCUT2D eigenvalue weighted by Crippen LogP contribution is 2.37. The topological polar surface area (TPSA) is 33.4 Å². The Labute approximate surface area is 121 Å². The summed E-state index contributed by atoms with van der Waals surface area (Å²) >= 11 is 0. The number of fused-ring (bicyclic) bond motifs is 1. The van der Waals surface area contributed by atoms with Crippen LogP contribution in [-0.4, -0.2) is 5.11 Å². The van der Waals surface area contributed by atoms with E-state index in [0.717, 1.165) is 23.8 Å². The standard InChI is InChI=1S/C18H26O2/c1-12(2)10-18(19,11-13(3)4)17-9-15-8-14(5)6-7-16(15)20-17/h6-9,12-13,19H,10-11H2,1-5H3. The van der Waals surface area contributed by atoms with E-state index in [0.29, 0.717) is 17.6 Å². The Kier molecular flexibility index (Phi) is 4.24. The fourth-order valence-electron chi connectivity index (χ4n) is 3.03. The zero-order valence-corrected chi connectivity index (χ0v) is 13.2. The Morgan fingerprint density at radius 3 is 2.20 bits per heavy atom. The Morgan fingerprint density at radius 1 is 1.05 bits per heavy atom. The number of furan rings is 1. The molecule has 0 fully saturated rings. The van der Waals surface area contributed by atoms with Crippen LogP contribution in [0.15, 0.2) is 28.7 Å². The van der Waals surface area contributed by atoms with E-state index in [4.69, 9.17) is 4.42 Å². The van der Waals surface area contributed by atoms with E-state index in [1.807, 2.05) is 18.2 Å². The van der Waals surface area contributed by atoms with Crippen molar-refractivity contribution in [3.05, 3.63) is 35.6 Å². The number of rotatable bonds is 5. The van der Waals surface area contributed by atoms with Crippen molar-refractivity contribution in [2.45, 2.75) is 53.1 Å². The number of aryl methyl sites for hydroxylation is 1. The van der Waals surface area contributed by atoms with E-state index in [-0.39, 0.29) is 0 Å². The van der Waals surface area contributed by atoms with Gasteiger partial charge in [-0.3, -0.25) is 0 Å². The summed E-state index contributed by atoms with van der Waals surface area (Å²) in [5, 5.41) is 12.2. The molecule has 1 aromatic heterocycles. The van der Waals surface area contributed by atoms with Crippen molar-refractivity contribution in [1.82, 2.24) is 0 Å². The quantitative estimate of drug-likeness (QED) is 0.830. The van der Waals surface area contributed by atoms with Gasteiger partial charge >= 0.3 is 0 Å². The van der Waals surface area contributed by atoms with Crippen molar-refractivity contribution in [3.63, 3.8) is 0 Å². The van der Waals surface area contributed by atoms with Gasteiger partial charge in [0.15, 0.2) is 0 Å². The summed E-state index contributed by atoms with van der Waals surface area (Å²) in [6.45, 7) is 10.6. The van der Waals surface area contributed by atoms with Crippen molar-refractivity contribution in [2.24, 2.45) is 11.8 Å². The summed E-state index contributed by atoms with van der Waals surface area (Å²) in [6.07, 6.45) is 1.45. The van der Waals surface area contributed by atoms with Crippen molar-refractivity contribution in [2.75, 3.05) is 0 Å². The molecule has 2 nitrogen and oxygen atoms in total. The predicted octanol–water partition coefficient (Wildman–Crippen LogP) is 5.02. The van der Waals surface area contributed by atoms with E-state index in [1.165, 1.54) is 5.56 Å². The summed E-state index contributed by atoms with van der Waals surface area (Å²) in [5.41, 5.74) is 1.20. The van der Waals surface area contributed by atoms with Gasteiger partial charge in [-0.2, -0.15) is 0 Å². The summed E-state index contributed by atoms with van der Waals surface area (Å²) in [6, 6.07) is 8.14. The lowest BCUT2D eigenvalue weighted by molar-refractivity contribution is -0.0222. The molecule has 2 aromatic rings. The molecule has 2 rings (SSSR count). The second-order valence-corrected chi connectivity index (χ2v) is 6.88. The van der Waals surface area contributed by atoms with Gasteiger partial charge in [0.05, 0.1) is 0 Å². The number of aliphatic hydroxyl groups is 1. The molecule has 0 aliphatic carbocycles. The van der Waals surface area contributed by atoms with Gasteiger partial charge in [0.25, 0.3) is 0 Å². The van der Waals surface area contributed by atoms with Crippen LogP contribution in [0.3, 0.4) is 0 Å². The molecule has 0 saturated carbocycles. The largest absolute Gasteiger partial charge is 0.458 e. The van der Waals surface area contributed by atoms with E-state index in [1.54, 1.807) is 0 Å². The van der Waals surface area contributed by atoms with E-state index < -0.39 is 5.60 Å². The minimum Gasteiger partial charge on any atom is -0.458 e. The Hall–Kier alpha value is -1.28. The fraction of sp³-hybridized carbons (Fsp3) is 0.556. The zero-order chi connectivity index (χ0) is 14.9. The molecule has 0 spiro atoms. The van der Waals surface area contributed by atoms with Crippen LogP contribution < -0.4 is 0 Å². The highest BCUT2D eigenvalue weighted by Gasteiger charge is 2.34. The molecule has 20 heavy (non-hydrogen) atoms. The first kappa shape index (κ1) is 15.1. The molecule has 0 radical (unpaired) electrons. The van der Waals surface area contributed by atoms with Crippen molar-refractivity contribution in [3.8, 4) is 0 Å².